The van der Waals surface area contributed by atoms with E-state index in [1.165, 1.54) is 54.6 Å². The monoisotopic (exact) mass is 374 g/mol. The maximum atomic E-state index is 13.2. The summed E-state index contributed by atoms with van der Waals surface area (Å²) in [7, 11) is 0. The summed E-state index contributed by atoms with van der Waals surface area (Å²) in [6, 6.07) is 16.5. The molecule has 2 unspecified atom stereocenters. The van der Waals surface area contributed by atoms with Gasteiger partial charge >= 0.3 is 0 Å². The number of hydrogen-bond acceptors (Lipinski definition) is 2. The highest BCUT2D eigenvalue weighted by Crippen LogP contribution is 2.34. The van der Waals surface area contributed by atoms with Gasteiger partial charge in [-0.15, -0.1) is 12.8 Å². The van der Waals surface area contributed by atoms with Crippen molar-refractivity contribution < 1.29 is 19.0 Å². The molecule has 2 N–H and O–H groups in total. The van der Waals surface area contributed by atoms with Gasteiger partial charge in [0.1, 0.15) is 11.6 Å². The largest absolute Gasteiger partial charge is 0.369 e. The first-order valence-corrected chi connectivity index (χ1v) is 8.37. The third-order valence-electron chi connectivity index (χ3n) is 4.64. The molecule has 3 aromatic carbocycles. The van der Waals surface area contributed by atoms with Crippen molar-refractivity contribution in [1.82, 2.24) is 0 Å². The van der Waals surface area contributed by atoms with Crippen molar-refractivity contribution in [1.29, 1.82) is 0 Å². The Balaban J connectivity index is 2.13. The van der Waals surface area contributed by atoms with Crippen molar-refractivity contribution in [2.75, 3.05) is 0 Å². The molecule has 0 saturated heterocycles. The first-order valence-electron chi connectivity index (χ1n) is 8.37. The first-order chi connectivity index (χ1) is 13.3. The summed E-state index contributed by atoms with van der Waals surface area (Å²) >= 11 is 0. The fourth-order valence-electron chi connectivity index (χ4n) is 3.02. The summed E-state index contributed by atoms with van der Waals surface area (Å²) in [5.41, 5.74) is -2.59. The zero-order valence-corrected chi connectivity index (χ0v) is 14.7. The Morgan fingerprint density at radius 3 is 1.29 bits per heavy atom. The smallest absolute Gasteiger partial charge is 0.176 e. The Morgan fingerprint density at radius 1 is 0.607 bits per heavy atom. The SMILES string of the molecule is C#CC(O)(c1ccc(F)cc1)c1cccc(C(O)(C#C)c2ccc(F)cc2)c1. The molecule has 2 atom stereocenters. The molecule has 0 saturated carbocycles. The van der Waals surface area contributed by atoms with Gasteiger partial charge in [-0.3, -0.25) is 0 Å². The molecule has 0 fully saturated rings. The molecule has 0 aliphatic heterocycles. The van der Waals surface area contributed by atoms with Gasteiger partial charge in [0.25, 0.3) is 0 Å². The van der Waals surface area contributed by atoms with E-state index in [1.54, 1.807) is 18.2 Å². The van der Waals surface area contributed by atoms with E-state index in [4.69, 9.17) is 12.8 Å². The molecule has 3 aromatic rings. The van der Waals surface area contributed by atoms with Gasteiger partial charge in [-0.25, -0.2) is 8.78 Å². The zero-order chi connectivity index (χ0) is 20.4. The van der Waals surface area contributed by atoms with E-state index in [0.29, 0.717) is 11.1 Å². The number of aliphatic hydroxyl groups is 2. The second kappa shape index (κ2) is 7.29. The van der Waals surface area contributed by atoms with Gasteiger partial charge < -0.3 is 10.2 Å². The lowest BCUT2D eigenvalue weighted by molar-refractivity contribution is 0.138. The summed E-state index contributed by atoms with van der Waals surface area (Å²) in [5, 5.41) is 22.2. The van der Waals surface area contributed by atoms with E-state index in [2.05, 4.69) is 11.8 Å². The highest BCUT2D eigenvalue weighted by Gasteiger charge is 2.34. The van der Waals surface area contributed by atoms with Crippen LogP contribution >= 0.6 is 0 Å². The lowest BCUT2D eigenvalue weighted by atomic mass is 9.82. The molecule has 4 heteroatoms. The number of terminal acetylenes is 2. The molecule has 138 valence electrons. The third kappa shape index (κ3) is 3.28. The minimum absolute atomic E-state index is 0.273. The van der Waals surface area contributed by atoms with Crippen LogP contribution < -0.4 is 0 Å². The van der Waals surface area contributed by atoms with E-state index in [9.17, 15) is 19.0 Å². The molecule has 0 radical (unpaired) electrons. The van der Waals surface area contributed by atoms with Crippen LogP contribution in [0.1, 0.15) is 22.3 Å². The Labute approximate surface area is 162 Å². The number of hydrogen-bond donors (Lipinski definition) is 2. The quantitative estimate of drug-likeness (QED) is 0.684. The summed E-state index contributed by atoms with van der Waals surface area (Å²) < 4.78 is 26.5. The summed E-state index contributed by atoms with van der Waals surface area (Å²) in [4.78, 5) is 0. The highest BCUT2D eigenvalue weighted by atomic mass is 19.1. The van der Waals surface area contributed by atoms with Crippen LogP contribution in [0.25, 0.3) is 0 Å². The average Bonchev–Trinajstić information content (AvgIpc) is 2.73. The molecule has 0 aliphatic rings. The number of rotatable bonds is 4. The Hall–Kier alpha value is -3.44. The van der Waals surface area contributed by atoms with Crippen LogP contribution in [0.4, 0.5) is 8.78 Å². The maximum absolute atomic E-state index is 13.2. The predicted octanol–water partition coefficient (Wildman–Crippen LogP) is 3.70. The van der Waals surface area contributed by atoms with Crippen LogP contribution in [0.5, 0.6) is 0 Å². The van der Waals surface area contributed by atoms with Gasteiger partial charge in [0.2, 0.25) is 0 Å². The molecule has 0 amide bonds. The summed E-state index contributed by atoms with van der Waals surface area (Å²) in [6.45, 7) is 0. The second-order valence-corrected chi connectivity index (χ2v) is 6.30. The van der Waals surface area contributed by atoms with Gasteiger partial charge in [0, 0.05) is 22.3 Å². The standard InChI is InChI=1S/C24H16F2O2/c1-3-23(27,17-8-12-21(25)13-9-17)19-6-5-7-20(16-19)24(28,4-2)18-10-14-22(26)15-11-18/h1-2,5-16,27-28H. The fraction of sp³-hybridized carbons (Fsp3) is 0.0833. The van der Waals surface area contributed by atoms with Gasteiger partial charge in [-0.2, -0.15) is 0 Å². The van der Waals surface area contributed by atoms with Crippen LogP contribution in [-0.2, 0) is 11.2 Å². The van der Waals surface area contributed by atoms with Crippen LogP contribution in [0.3, 0.4) is 0 Å². The van der Waals surface area contributed by atoms with Gasteiger partial charge in [-0.1, -0.05) is 54.3 Å². The van der Waals surface area contributed by atoms with E-state index in [0.717, 1.165) is 0 Å². The molecule has 3 rings (SSSR count). The summed E-state index contributed by atoms with van der Waals surface area (Å²) in [6.07, 6.45) is 11.2. The first kappa shape index (κ1) is 19.3. The topological polar surface area (TPSA) is 40.5 Å². The minimum Gasteiger partial charge on any atom is -0.369 e. The normalized spacial score (nSPS) is 14.9. The van der Waals surface area contributed by atoms with E-state index < -0.39 is 22.8 Å². The Morgan fingerprint density at radius 2 is 0.964 bits per heavy atom. The molecule has 0 spiro atoms. The number of benzene rings is 3. The minimum atomic E-state index is -1.86. The predicted molar refractivity (Wildman–Crippen MR) is 103 cm³/mol. The van der Waals surface area contributed by atoms with Crippen LogP contribution in [-0.4, -0.2) is 10.2 Å². The molecular weight excluding hydrogens is 358 g/mol. The molecule has 28 heavy (non-hydrogen) atoms. The number of halogens is 2. The zero-order valence-electron chi connectivity index (χ0n) is 14.7. The lowest BCUT2D eigenvalue weighted by Gasteiger charge is -2.27. The van der Waals surface area contributed by atoms with Crippen molar-refractivity contribution in [2.45, 2.75) is 11.2 Å². The van der Waals surface area contributed by atoms with Crippen molar-refractivity contribution in [3.63, 3.8) is 0 Å². The van der Waals surface area contributed by atoms with Crippen molar-refractivity contribution in [3.05, 3.63) is 107 Å². The maximum Gasteiger partial charge on any atom is 0.176 e. The van der Waals surface area contributed by atoms with E-state index >= 15 is 0 Å². The molecular formula is C24H16F2O2. The van der Waals surface area contributed by atoms with Crippen molar-refractivity contribution in [2.24, 2.45) is 0 Å². The second-order valence-electron chi connectivity index (χ2n) is 6.30. The van der Waals surface area contributed by atoms with Gasteiger partial charge in [0.05, 0.1) is 0 Å². The van der Waals surface area contributed by atoms with Crippen molar-refractivity contribution >= 4 is 0 Å². The van der Waals surface area contributed by atoms with Crippen molar-refractivity contribution in [3.8, 4) is 24.7 Å². The molecule has 0 aliphatic carbocycles. The van der Waals surface area contributed by atoms with Gasteiger partial charge in [-0.05, 0) is 30.3 Å². The molecule has 0 aromatic heterocycles. The summed E-state index contributed by atoms with van der Waals surface area (Å²) in [5.74, 6) is 3.72. The fourth-order valence-corrected chi connectivity index (χ4v) is 3.02. The molecule has 0 heterocycles. The molecule has 2 nitrogen and oxygen atoms in total. The van der Waals surface area contributed by atoms with Gasteiger partial charge in [0.15, 0.2) is 11.2 Å². The Kier molecular flexibility index (Phi) is 5.03. The van der Waals surface area contributed by atoms with Crippen LogP contribution in [0, 0.1) is 36.3 Å². The van der Waals surface area contributed by atoms with E-state index in [-0.39, 0.29) is 11.1 Å². The van der Waals surface area contributed by atoms with E-state index in [1.807, 2.05) is 0 Å². The average molecular weight is 374 g/mol. The van der Waals surface area contributed by atoms with Crippen LogP contribution in [0.2, 0.25) is 0 Å². The third-order valence-corrected chi connectivity index (χ3v) is 4.64. The van der Waals surface area contributed by atoms with Crippen LogP contribution in [0.15, 0.2) is 72.8 Å². The Bertz CT molecular complexity index is 991. The highest BCUT2D eigenvalue weighted by molar-refractivity contribution is 5.50. The lowest BCUT2D eigenvalue weighted by Crippen LogP contribution is -2.28. The molecule has 0 bridgehead atoms.